The average Bonchev–Trinajstić information content (AvgIpc) is 3.15. The zero-order valence-corrected chi connectivity index (χ0v) is 32.5. The molecule has 0 aromatic heterocycles. The molecule has 0 amide bonds. The van der Waals surface area contributed by atoms with E-state index in [9.17, 15) is 0 Å². The van der Waals surface area contributed by atoms with Crippen molar-refractivity contribution >= 4 is 15.8 Å². The lowest BCUT2D eigenvalue weighted by atomic mass is 10.1. The summed E-state index contributed by atoms with van der Waals surface area (Å²) in [5, 5.41) is 0. The number of rotatable bonds is 28. The predicted octanol–water partition coefficient (Wildman–Crippen LogP) is 14.0. The van der Waals surface area contributed by atoms with E-state index in [0.29, 0.717) is 0 Å². The molecule has 0 nitrogen and oxygen atoms in total. The van der Waals surface area contributed by atoms with Gasteiger partial charge >= 0.3 is 0 Å². The average molecular weight is 693 g/mol. The molecule has 49 heavy (non-hydrogen) atoms. The normalized spacial score (nSPS) is 11.5. The van der Waals surface area contributed by atoms with Gasteiger partial charge in [0.05, 0.1) is 0 Å². The Balaban J connectivity index is 1.19. The van der Waals surface area contributed by atoms with Crippen LogP contribution in [0.4, 0.5) is 0 Å². The predicted molar refractivity (Wildman–Crippen MR) is 224 cm³/mol. The van der Waals surface area contributed by atoms with Crippen LogP contribution in [0, 0.1) is 0 Å². The van der Waals surface area contributed by atoms with Crippen LogP contribution < -0.4 is 0 Å². The maximum atomic E-state index is 2.30. The van der Waals surface area contributed by atoms with E-state index in [4.69, 9.17) is 0 Å². The molecule has 0 aliphatic heterocycles. The SMILES string of the molecule is c1ccc(CCCCCP(CCCCCc2ccccc2)CCCP(CCCCCc2ccccc2)CCCCCc2ccccc2)cc1. The van der Waals surface area contributed by atoms with Gasteiger partial charge in [0.2, 0.25) is 0 Å². The highest BCUT2D eigenvalue weighted by Gasteiger charge is 2.12. The van der Waals surface area contributed by atoms with Gasteiger partial charge < -0.3 is 0 Å². The van der Waals surface area contributed by atoms with E-state index in [1.165, 1.54) is 168 Å². The highest BCUT2D eigenvalue weighted by atomic mass is 31.1. The van der Waals surface area contributed by atoms with Gasteiger partial charge in [0.15, 0.2) is 0 Å². The van der Waals surface area contributed by atoms with Crippen molar-refractivity contribution in [3.63, 3.8) is 0 Å². The molecule has 0 unspecified atom stereocenters. The number of unbranched alkanes of at least 4 members (excludes halogenated alkanes) is 8. The van der Waals surface area contributed by atoms with Gasteiger partial charge in [-0.3, -0.25) is 0 Å². The van der Waals surface area contributed by atoms with Crippen molar-refractivity contribution < 1.29 is 0 Å². The van der Waals surface area contributed by atoms with Crippen LogP contribution in [0.25, 0.3) is 0 Å². The Morgan fingerprint density at radius 1 is 0.224 bits per heavy atom. The number of hydrogen-bond donors (Lipinski definition) is 0. The zero-order chi connectivity index (χ0) is 33.9. The highest BCUT2D eigenvalue weighted by Crippen LogP contribution is 2.43. The first-order chi connectivity index (χ1) is 24.3. The summed E-state index contributed by atoms with van der Waals surface area (Å²) in [7, 11) is 0.377. The zero-order valence-electron chi connectivity index (χ0n) is 30.7. The smallest absolute Gasteiger partial charge is 0.0279 e. The van der Waals surface area contributed by atoms with Crippen LogP contribution in [-0.4, -0.2) is 37.0 Å². The van der Waals surface area contributed by atoms with Crippen LogP contribution >= 0.6 is 15.8 Å². The second-order valence-corrected chi connectivity index (χ2v) is 19.6. The van der Waals surface area contributed by atoms with Gasteiger partial charge in [-0.15, -0.1) is 15.8 Å². The second-order valence-electron chi connectivity index (χ2n) is 14.2. The first-order valence-electron chi connectivity index (χ1n) is 20.0. The summed E-state index contributed by atoms with van der Waals surface area (Å²) in [4.78, 5) is 0. The minimum absolute atomic E-state index is 0.188. The molecule has 264 valence electrons. The fourth-order valence-corrected chi connectivity index (χ4v) is 12.6. The minimum Gasteiger partial charge on any atom is -0.107 e. The maximum Gasteiger partial charge on any atom is -0.0279 e. The summed E-state index contributed by atoms with van der Waals surface area (Å²) >= 11 is 0. The van der Waals surface area contributed by atoms with Crippen molar-refractivity contribution in [2.75, 3.05) is 37.0 Å². The monoisotopic (exact) mass is 692 g/mol. The quantitative estimate of drug-likeness (QED) is 0.0411. The summed E-state index contributed by atoms with van der Waals surface area (Å²) in [6.45, 7) is 0. The van der Waals surface area contributed by atoms with E-state index in [2.05, 4.69) is 121 Å². The van der Waals surface area contributed by atoms with Crippen LogP contribution in [-0.2, 0) is 25.7 Å². The van der Waals surface area contributed by atoms with Crippen LogP contribution in [0.1, 0.15) is 106 Å². The topological polar surface area (TPSA) is 0 Å². The van der Waals surface area contributed by atoms with Crippen molar-refractivity contribution in [2.45, 2.75) is 109 Å². The molecule has 0 atom stereocenters. The fraction of sp³-hybridized carbons (Fsp3) is 0.489. The van der Waals surface area contributed by atoms with E-state index < -0.39 is 0 Å². The van der Waals surface area contributed by atoms with Gasteiger partial charge in [-0.25, -0.2) is 0 Å². The summed E-state index contributed by atoms with van der Waals surface area (Å²) in [6.07, 6.45) is 32.4. The third-order valence-electron chi connectivity index (χ3n) is 10.1. The Bertz CT molecular complexity index is 1090. The van der Waals surface area contributed by atoms with Crippen molar-refractivity contribution in [3.8, 4) is 0 Å². The van der Waals surface area contributed by atoms with Crippen molar-refractivity contribution in [1.82, 2.24) is 0 Å². The highest BCUT2D eigenvalue weighted by molar-refractivity contribution is 7.58. The summed E-state index contributed by atoms with van der Waals surface area (Å²) in [5.74, 6) is 0. The Hall–Kier alpha value is -2.26. The van der Waals surface area contributed by atoms with Crippen molar-refractivity contribution in [3.05, 3.63) is 144 Å². The Morgan fingerprint density at radius 3 is 0.694 bits per heavy atom. The molecule has 4 aromatic rings. The van der Waals surface area contributed by atoms with E-state index in [1.807, 2.05) is 0 Å². The molecule has 0 heterocycles. The molecular weight excluding hydrogens is 626 g/mol. The van der Waals surface area contributed by atoms with E-state index in [0.717, 1.165) is 0 Å². The molecule has 4 aromatic carbocycles. The van der Waals surface area contributed by atoms with Gasteiger partial charge in [0.25, 0.3) is 0 Å². The van der Waals surface area contributed by atoms with Gasteiger partial charge in [-0.1, -0.05) is 147 Å². The van der Waals surface area contributed by atoms with E-state index >= 15 is 0 Å². The fourth-order valence-electron chi connectivity index (χ4n) is 7.13. The Morgan fingerprint density at radius 2 is 0.449 bits per heavy atom. The molecule has 0 saturated carbocycles. The molecule has 0 spiro atoms. The molecule has 0 bridgehead atoms. The Kier molecular flexibility index (Phi) is 21.4. The molecule has 0 fully saturated rings. The number of benzene rings is 4. The standard InChI is InChI=1S/C47H66P2/c1-9-26-44(27-10-1)34-17-5-21-38-48(39-22-6-18-35-45-28-11-2-12-29-45)42-25-43-49(40-23-7-19-36-46-30-13-3-14-31-46)41-24-8-20-37-47-32-15-4-16-33-47/h1-4,9-16,26-33H,5-8,17-25,34-43H2. The van der Waals surface area contributed by atoms with Gasteiger partial charge in [-0.2, -0.15) is 0 Å². The molecule has 0 aliphatic rings. The van der Waals surface area contributed by atoms with E-state index in [-0.39, 0.29) is 15.8 Å². The third kappa shape index (κ3) is 19.1. The van der Waals surface area contributed by atoms with Crippen molar-refractivity contribution in [1.29, 1.82) is 0 Å². The first-order valence-corrected chi connectivity index (χ1v) is 23.7. The molecule has 0 N–H and O–H groups in total. The molecule has 0 radical (unpaired) electrons. The maximum absolute atomic E-state index is 2.30. The summed E-state index contributed by atoms with van der Waals surface area (Å²) in [6, 6.07) is 44.5. The van der Waals surface area contributed by atoms with Crippen LogP contribution in [0.15, 0.2) is 121 Å². The molecule has 2 heteroatoms. The first kappa shape index (κ1) is 39.5. The molecular formula is C47H66P2. The largest absolute Gasteiger partial charge is 0.107 e. The van der Waals surface area contributed by atoms with Crippen LogP contribution in [0.2, 0.25) is 0 Å². The number of aryl methyl sites for hydroxylation is 4. The second kappa shape index (κ2) is 26.5. The number of hydrogen-bond acceptors (Lipinski definition) is 0. The van der Waals surface area contributed by atoms with Crippen LogP contribution in [0.3, 0.4) is 0 Å². The lowest BCUT2D eigenvalue weighted by Crippen LogP contribution is -2.02. The lowest BCUT2D eigenvalue weighted by Gasteiger charge is -2.22. The lowest BCUT2D eigenvalue weighted by molar-refractivity contribution is 0.708. The van der Waals surface area contributed by atoms with E-state index in [1.54, 1.807) is 0 Å². The molecule has 4 rings (SSSR count). The Labute approximate surface area is 304 Å². The van der Waals surface area contributed by atoms with Crippen LogP contribution in [0.5, 0.6) is 0 Å². The third-order valence-corrected chi connectivity index (χ3v) is 15.8. The van der Waals surface area contributed by atoms with Gasteiger partial charge in [0.1, 0.15) is 0 Å². The summed E-state index contributed by atoms with van der Waals surface area (Å²) in [5.41, 5.74) is 6.04. The molecule has 0 saturated heterocycles. The van der Waals surface area contributed by atoms with Gasteiger partial charge in [-0.05, 0) is 143 Å². The molecule has 0 aliphatic carbocycles. The van der Waals surface area contributed by atoms with Gasteiger partial charge in [0, 0.05) is 0 Å². The minimum atomic E-state index is 0.188. The van der Waals surface area contributed by atoms with Crippen molar-refractivity contribution in [2.24, 2.45) is 0 Å². The summed E-state index contributed by atoms with van der Waals surface area (Å²) < 4.78 is 0.